The first-order valence-electron chi connectivity index (χ1n) is 13.3. The van der Waals surface area contributed by atoms with Gasteiger partial charge < -0.3 is 14.6 Å². The number of rotatable bonds is 6. The number of nitrogens with one attached hydrogen (secondary N) is 1. The summed E-state index contributed by atoms with van der Waals surface area (Å²) in [7, 11) is 0. The lowest BCUT2D eigenvalue weighted by atomic mass is 10.0. The first kappa shape index (κ1) is 25.9. The maximum atomic E-state index is 13.6. The van der Waals surface area contributed by atoms with Crippen LogP contribution in [-0.4, -0.2) is 62.9 Å². The van der Waals surface area contributed by atoms with E-state index in [4.69, 9.17) is 4.74 Å². The third-order valence-corrected chi connectivity index (χ3v) is 7.42. The van der Waals surface area contributed by atoms with E-state index in [1.807, 2.05) is 35.9 Å². The Morgan fingerprint density at radius 2 is 1.82 bits per heavy atom. The molecular formula is C29H37N7O2. The molecule has 2 aromatic heterocycles. The van der Waals surface area contributed by atoms with Gasteiger partial charge in [-0.15, -0.1) is 5.10 Å². The Bertz CT molecular complexity index is 1490. The lowest BCUT2D eigenvalue weighted by Gasteiger charge is -2.40. The molecule has 4 aromatic rings. The van der Waals surface area contributed by atoms with Gasteiger partial charge in [0.2, 0.25) is 0 Å². The van der Waals surface area contributed by atoms with Crippen molar-refractivity contribution in [1.82, 2.24) is 30.1 Å². The molecule has 0 spiro atoms. The molecule has 0 amide bonds. The van der Waals surface area contributed by atoms with Gasteiger partial charge in [-0.2, -0.15) is 0 Å². The van der Waals surface area contributed by atoms with E-state index in [0.29, 0.717) is 18.0 Å². The van der Waals surface area contributed by atoms with Crippen LogP contribution in [-0.2, 0) is 5.54 Å². The largest absolute Gasteiger partial charge is 0.494 e. The van der Waals surface area contributed by atoms with Crippen molar-refractivity contribution in [2.75, 3.05) is 37.7 Å². The molecule has 1 aliphatic heterocycles. The van der Waals surface area contributed by atoms with Crippen molar-refractivity contribution >= 4 is 16.6 Å². The Hall–Kier alpha value is -3.72. The predicted molar refractivity (Wildman–Crippen MR) is 150 cm³/mol. The minimum absolute atomic E-state index is 0.132. The average Bonchev–Trinajstić information content (AvgIpc) is 3.37. The summed E-state index contributed by atoms with van der Waals surface area (Å²) < 4.78 is 7.57. The van der Waals surface area contributed by atoms with Gasteiger partial charge in [0.15, 0.2) is 5.82 Å². The molecule has 38 heavy (non-hydrogen) atoms. The highest BCUT2D eigenvalue weighted by Crippen LogP contribution is 2.32. The highest BCUT2D eigenvalue weighted by atomic mass is 16.5. The molecule has 1 saturated heterocycles. The Kier molecular flexibility index (Phi) is 6.96. The highest BCUT2D eigenvalue weighted by Gasteiger charge is 2.35. The summed E-state index contributed by atoms with van der Waals surface area (Å²) in [5.41, 5.74) is 4.80. The molecule has 0 unspecified atom stereocenters. The summed E-state index contributed by atoms with van der Waals surface area (Å²) in [6, 6.07) is 13.8. The number of aryl methyl sites for hydroxylation is 1. The fourth-order valence-corrected chi connectivity index (χ4v) is 5.30. The number of anilines is 1. The first-order valence-corrected chi connectivity index (χ1v) is 13.3. The second-order valence-corrected chi connectivity index (χ2v) is 11.0. The molecule has 0 aliphatic carbocycles. The molecule has 1 fully saturated rings. The number of tetrazole rings is 1. The lowest BCUT2D eigenvalue weighted by molar-refractivity contribution is 0.190. The Morgan fingerprint density at radius 3 is 2.53 bits per heavy atom. The van der Waals surface area contributed by atoms with Crippen molar-refractivity contribution < 1.29 is 4.74 Å². The standard InChI is InChI=1S/C29H37N7O2/c1-7-38-22-11-12-24-21(17-22)18-23(28(37)30-24)26(27-31-32-33-36(27)29(4,5)6)35-15-13-34(14-16-35)25-10-8-9-19(2)20(25)3/h8-12,17-18,26H,7,13-16H2,1-6H3,(H,30,37)/t26-/m1/s1. The average molecular weight is 516 g/mol. The van der Waals surface area contributed by atoms with Crippen LogP contribution >= 0.6 is 0 Å². The van der Waals surface area contributed by atoms with Crippen molar-refractivity contribution in [3.63, 3.8) is 0 Å². The Labute approximate surface area is 223 Å². The highest BCUT2D eigenvalue weighted by molar-refractivity contribution is 5.80. The molecule has 0 radical (unpaired) electrons. The van der Waals surface area contributed by atoms with Gasteiger partial charge in [-0.3, -0.25) is 9.69 Å². The normalized spacial score (nSPS) is 15.7. The smallest absolute Gasteiger partial charge is 0.253 e. The van der Waals surface area contributed by atoms with Crippen LogP contribution in [0, 0.1) is 13.8 Å². The number of H-pyrrole nitrogens is 1. The van der Waals surface area contributed by atoms with Gasteiger partial charge in [-0.1, -0.05) is 12.1 Å². The van der Waals surface area contributed by atoms with Crippen LogP contribution in [0.2, 0.25) is 0 Å². The van der Waals surface area contributed by atoms with Crippen LogP contribution < -0.4 is 15.2 Å². The van der Waals surface area contributed by atoms with Crippen LogP contribution in [0.25, 0.3) is 10.9 Å². The van der Waals surface area contributed by atoms with E-state index in [1.165, 1.54) is 16.8 Å². The zero-order chi connectivity index (χ0) is 27.0. The number of ether oxygens (including phenoxy) is 1. The second kappa shape index (κ2) is 10.2. The molecule has 9 nitrogen and oxygen atoms in total. The molecule has 1 atom stereocenters. The van der Waals surface area contributed by atoms with E-state index in [2.05, 4.69) is 83.1 Å². The molecular weight excluding hydrogens is 478 g/mol. The van der Waals surface area contributed by atoms with Gasteiger partial charge >= 0.3 is 0 Å². The molecule has 0 saturated carbocycles. The molecule has 0 bridgehead atoms. The number of pyridine rings is 1. The number of hydrogen-bond donors (Lipinski definition) is 1. The van der Waals surface area contributed by atoms with E-state index < -0.39 is 6.04 Å². The van der Waals surface area contributed by atoms with Crippen molar-refractivity contribution in [3.8, 4) is 5.75 Å². The molecule has 3 heterocycles. The van der Waals surface area contributed by atoms with Crippen molar-refractivity contribution in [2.45, 2.75) is 53.1 Å². The summed E-state index contributed by atoms with van der Waals surface area (Å²) in [5, 5.41) is 13.8. The van der Waals surface area contributed by atoms with Gasteiger partial charge in [0.05, 0.1) is 12.1 Å². The quantitative estimate of drug-likeness (QED) is 0.412. The fourth-order valence-electron chi connectivity index (χ4n) is 5.30. The number of piperazine rings is 1. The molecule has 9 heteroatoms. The number of aromatic amines is 1. The molecule has 1 aliphatic rings. The van der Waals surface area contributed by atoms with Gasteiger partial charge in [-0.05, 0) is 93.4 Å². The summed E-state index contributed by atoms with van der Waals surface area (Å²) >= 11 is 0. The predicted octanol–water partition coefficient (Wildman–Crippen LogP) is 4.20. The fraction of sp³-hybridized carbons (Fsp3) is 0.448. The van der Waals surface area contributed by atoms with Crippen LogP contribution in [0.15, 0.2) is 47.3 Å². The van der Waals surface area contributed by atoms with Crippen LogP contribution in [0.3, 0.4) is 0 Å². The summed E-state index contributed by atoms with van der Waals surface area (Å²) in [5.74, 6) is 1.44. The zero-order valence-corrected chi connectivity index (χ0v) is 23.2. The number of benzene rings is 2. The zero-order valence-electron chi connectivity index (χ0n) is 23.2. The number of nitrogens with zero attached hydrogens (tertiary/aromatic N) is 6. The molecule has 5 rings (SSSR count). The van der Waals surface area contributed by atoms with E-state index >= 15 is 0 Å². The Morgan fingerprint density at radius 1 is 1.05 bits per heavy atom. The molecule has 200 valence electrons. The number of fused-ring (bicyclic) bond motifs is 1. The molecule has 2 aromatic carbocycles. The maximum Gasteiger partial charge on any atom is 0.253 e. The monoisotopic (exact) mass is 515 g/mol. The van der Waals surface area contributed by atoms with E-state index in [9.17, 15) is 4.79 Å². The van der Waals surface area contributed by atoms with Gasteiger partial charge in [-0.25, -0.2) is 4.68 Å². The van der Waals surface area contributed by atoms with Crippen molar-refractivity contribution in [1.29, 1.82) is 0 Å². The van der Waals surface area contributed by atoms with E-state index in [1.54, 1.807) is 0 Å². The van der Waals surface area contributed by atoms with Crippen LogP contribution in [0.4, 0.5) is 5.69 Å². The SMILES string of the molecule is CCOc1ccc2[nH]c(=O)c([C@H](c3nnnn3C(C)(C)C)N3CCN(c4cccc(C)c4C)CC3)cc2c1. The van der Waals surface area contributed by atoms with Gasteiger partial charge in [0, 0.05) is 48.3 Å². The third kappa shape index (κ3) is 4.90. The van der Waals surface area contributed by atoms with Crippen molar-refractivity contribution in [3.05, 3.63) is 75.3 Å². The van der Waals surface area contributed by atoms with Gasteiger partial charge in [0.1, 0.15) is 11.8 Å². The minimum Gasteiger partial charge on any atom is -0.494 e. The van der Waals surface area contributed by atoms with E-state index in [0.717, 1.165) is 42.8 Å². The second-order valence-electron chi connectivity index (χ2n) is 11.0. The molecule has 1 N–H and O–H groups in total. The third-order valence-electron chi connectivity index (χ3n) is 7.42. The topological polar surface area (TPSA) is 92.2 Å². The summed E-state index contributed by atoms with van der Waals surface area (Å²) in [6.45, 7) is 16.3. The Balaban J connectivity index is 1.56. The number of hydrogen-bond acceptors (Lipinski definition) is 7. The van der Waals surface area contributed by atoms with Crippen LogP contribution in [0.1, 0.15) is 56.3 Å². The first-order chi connectivity index (χ1) is 18.2. The summed E-state index contributed by atoms with van der Waals surface area (Å²) in [4.78, 5) is 21.4. The maximum absolute atomic E-state index is 13.6. The van der Waals surface area contributed by atoms with E-state index in [-0.39, 0.29) is 11.1 Å². The number of aromatic nitrogens is 5. The minimum atomic E-state index is -0.395. The van der Waals surface area contributed by atoms with Crippen LogP contribution in [0.5, 0.6) is 5.75 Å². The van der Waals surface area contributed by atoms with Crippen molar-refractivity contribution in [2.24, 2.45) is 0 Å². The summed E-state index contributed by atoms with van der Waals surface area (Å²) in [6.07, 6.45) is 0. The lowest BCUT2D eigenvalue weighted by Crippen LogP contribution is -2.49. The van der Waals surface area contributed by atoms with Gasteiger partial charge in [0.25, 0.3) is 5.56 Å².